The van der Waals surface area contributed by atoms with Gasteiger partial charge in [0.15, 0.2) is 11.6 Å². The third-order valence-electron chi connectivity index (χ3n) is 2.61. The molecule has 0 spiro atoms. The second kappa shape index (κ2) is 4.33. The lowest BCUT2D eigenvalue weighted by molar-refractivity contribution is -0.125. The molecular weight excluding hydrogens is 249 g/mol. The zero-order valence-electron chi connectivity index (χ0n) is 8.87. The number of amides is 2. The Morgan fingerprint density at radius 2 is 2.06 bits per heavy atom. The Labute approximate surface area is 102 Å². The molecule has 1 N–H and O–H groups in total. The maximum atomic E-state index is 13.2. The van der Waals surface area contributed by atoms with Crippen LogP contribution in [0.15, 0.2) is 18.2 Å². The minimum atomic E-state index is -0.974. The molecule has 90 valence electrons. The number of hydrogen-bond donors (Lipinski definition) is 1. The van der Waals surface area contributed by atoms with Crippen LogP contribution in [0.5, 0.6) is 5.75 Å². The number of carbonyl (C=O) groups is 2. The number of carbonyl (C=O) groups excluding carboxylic acids is 2. The van der Waals surface area contributed by atoms with Crippen molar-refractivity contribution in [1.82, 2.24) is 5.32 Å². The number of rotatable bonds is 2. The molecule has 2 unspecified atom stereocenters. The summed E-state index contributed by atoms with van der Waals surface area (Å²) in [6.45, 7) is 0. The van der Waals surface area contributed by atoms with E-state index in [1.165, 1.54) is 25.3 Å². The smallest absolute Gasteiger partial charge is 0.245 e. The summed E-state index contributed by atoms with van der Waals surface area (Å²) in [5, 5.41) is 1.15. The van der Waals surface area contributed by atoms with Crippen LogP contribution in [0.2, 0.25) is 0 Å². The number of hydrogen-bond acceptors (Lipinski definition) is 3. The van der Waals surface area contributed by atoms with Gasteiger partial charge >= 0.3 is 0 Å². The van der Waals surface area contributed by atoms with Crippen molar-refractivity contribution in [2.75, 3.05) is 7.11 Å². The molecule has 2 atom stereocenters. The minimum Gasteiger partial charge on any atom is -0.494 e. The molecular formula is C11H9ClFNO3. The second-order valence-corrected chi connectivity index (χ2v) is 4.10. The van der Waals surface area contributed by atoms with Gasteiger partial charge in [0.2, 0.25) is 11.8 Å². The van der Waals surface area contributed by atoms with Crippen LogP contribution in [0, 0.1) is 5.82 Å². The fourth-order valence-corrected chi connectivity index (χ4v) is 2.06. The highest BCUT2D eigenvalue weighted by Gasteiger charge is 2.41. The first-order chi connectivity index (χ1) is 8.04. The van der Waals surface area contributed by atoms with E-state index >= 15 is 0 Å². The minimum absolute atomic E-state index is 0.0125. The molecule has 1 saturated heterocycles. The molecule has 0 aromatic heterocycles. The fourth-order valence-electron chi connectivity index (χ4n) is 1.74. The molecule has 0 radical (unpaired) electrons. The van der Waals surface area contributed by atoms with Crippen molar-refractivity contribution in [3.8, 4) is 5.75 Å². The van der Waals surface area contributed by atoms with Crippen LogP contribution in [0.3, 0.4) is 0 Å². The van der Waals surface area contributed by atoms with E-state index in [0.717, 1.165) is 0 Å². The van der Waals surface area contributed by atoms with Crippen molar-refractivity contribution in [3.63, 3.8) is 0 Å². The molecule has 1 aromatic rings. The summed E-state index contributed by atoms with van der Waals surface area (Å²) < 4.78 is 18.0. The topological polar surface area (TPSA) is 55.4 Å². The van der Waals surface area contributed by atoms with Gasteiger partial charge in [-0.1, -0.05) is 6.07 Å². The Morgan fingerprint density at radius 1 is 1.35 bits per heavy atom. The largest absolute Gasteiger partial charge is 0.494 e. The van der Waals surface area contributed by atoms with Crippen LogP contribution in [-0.2, 0) is 9.59 Å². The van der Waals surface area contributed by atoms with E-state index < -0.39 is 28.9 Å². The number of halogens is 2. The average Bonchev–Trinajstić information content (AvgIpc) is 2.55. The number of nitrogens with one attached hydrogen (secondary N) is 1. The SMILES string of the molecule is COc1cc(C2C(=O)NC(=O)C2Cl)ccc1F. The Kier molecular flexibility index (Phi) is 3.02. The van der Waals surface area contributed by atoms with E-state index in [1.807, 2.05) is 0 Å². The lowest BCUT2D eigenvalue weighted by Gasteiger charge is -2.11. The van der Waals surface area contributed by atoms with Crippen LogP contribution in [-0.4, -0.2) is 24.3 Å². The Morgan fingerprint density at radius 3 is 2.59 bits per heavy atom. The Balaban J connectivity index is 2.40. The Bertz CT molecular complexity index is 492. The maximum absolute atomic E-state index is 13.2. The molecule has 1 aliphatic rings. The van der Waals surface area contributed by atoms with Gasteiger partial charge in [-0.05, 0) is 17.7 Å². The highest BCUT2D eigenvalue weighted by molar-refractivity contribution is 6.37. The summed E-state index contributed by atoms with van der Waals surface area (Å²) in [7, 11) is 1.32. The van der Waals surface area contributed by atoms with Gasteiger partial charge in [0.25, 0.3) is 0 Å². The van der Waals surface area contributed by atoms with Crippen molar-refractivity contribution in [3.05, 3.63) is 29.6 Å². The Hall–Kier alpha value is -1.62. The summed E-state index contributed by atoms with van der Waals surface area (Å²) in [4.78, 5) is 22.7. The molecule has 2 amide bonds. The highest BCUT2D eigenvalue weighted by atomic mass is 35.5. The zero-order valence-corrected chi connectivity index (χ0v) is 9.62. The quantitative estimate of drug-likeness (QED) is 0.639. The van der Waals surface area contributed by atoms with Gasteiger partial charge in [0, 0.05) is 0 Å². The van der Waals surface area contributed by atoms with E-state index in [1.54, 1.807) is 0 Å². The zero-order chi connectivity index (χ0) is 12.6. The van der Waals surface area contributed by atoms with Crippen molar-refractivity contribution in [2.24, 2.45) is 0 Å². The van der Waals surface area contributed by atoms with Crippen molar-refractivity contribution >= 4 is 23.4 Å². The molecule has 6 heteroatoms. The van der Waals surface area contributed by atoms with E-state index in [2.05, 4.69) is 5.32 Å². The van der Waals surface area contributed by atoms with E-state index in [-0.39, 0.29) is 5.75 Å². The third kappa shape index (κ3) is 1.98. The molecule has 2 rings (SSSR count). The average molecular weight is 258 g/mol. The van der Waals surface area contributed by atoms with Crippen LogP contribution in [0.1, 0.15) is 11.5 Å². The lowest BCUT2D eigenvalue weighted by atomic mass is 9.97. The first-order valence-electron chi connectivity index (χ1n) is 4.87. The maximum Gasteiger partial charge on any atom is 0.245 e. The van der Waals surface area contributed by atoms with Gasteiger partial charge in [0.05, 0.1) is 13.0 Å². The van der Waals surface area contributed by atoms with Crippen LogP contribution in [0.4, 0.5) is 4.39 Å². The van der Waals surface area contributed by atoms with Gasteiger partial charge in [-0.3, -0.25) is 14.9 Å². The predicted octanol–water partition coefficient (Wildman–Crippen LogP) is 1.18. The molecule has 4 nitrogen and oxygen atoms in total. The van der Waals surface area contributed by atoms with E-state index in [4.69, 9.17) is 16.3 Å². The predicted molar refractivity (Wildman–Crippen MR) is 58.5 cm³/mol. The van der Waals surface area contributed by atoms with Crippen LogP contribution >= 0.6 is 11.6 Å². The van der Waals surface area contributed by atoms with Gasteiger partial charge in [0.1, 0.15) is 5.38 Å². The molecule has 1 heterocycles. The normalized spacial score (nSPS) is 23.7. The van der Waals surface area contributed by atoms with Crippen LogP contribution < -0.4 is 10.1 Å². The van der Waals surface area contributed by atoms with Crippen molar-refractivity contribution in [1.29, 1.82) is 0 Å². The van der Waals surface area contributed by atoms with Gasteiger partial charge in [-0.15, -0.1) is 11.6 Å². The number of imide groups is 1. The summed E-state index contributed by atoms with van der Waals surface area (Å²) in [5.41, 5.74) is 0.451. The highest BCUT2D eigenvalue weighted by Crippen LogP contribution is 2.31. The van der Waals surface area contributed by atoms with Gasteiger partial charge in [-0.2, -0.15) is 0 Å². The van der Waals surface area contributed by atoms with Crippen molar-refractivity contribution < 1.29 is 18.7 Å². The first kappa shape index (κ1) is 11.9. The lowest BCUT2D eigenvalue weighted by Crippen LogP contribution is -2.22. The molecule has 0 aliphatic carbocycles. The molecule has 17 heavy (non-hydrogen) atoms. The molecule has 1 aromatic carbocycles. The number of benzene rings is 1. The summed E-state index contributed by atoms with van der Waals surface area (Å²) >= 11 is 5.83. The molecule has 1 aliphatic heterocycles. The molecule has 0 bridgehead atoms. The van der Waals surface area contributed by atoms with E-state index in [0.29, 0.717) is 5.56 Å². The van der Waals surface area contributed by atoms with Crippen LogP contribution in [0.25, 0.3) is 0 Å². The molecule has 1 fully saturated rings. The standard InChI is InChI=1S/C11H9ClFNO3/c1-17-7-4-5(2-3-6(7)13)8-9(12)11(16)14-10(8)15/h2-4,8-9H,1H3,(H,14,15,16). The summed E-state index contributed by atoms with van der Waals surface area (Å²) in [6, 6.07) is 3.96. The van der Waals surface area contributed by atoms with Gasteiger partial charge < -0.3 is 4.74 Å². The second-order valence-electron chi connectivity index (χ2n) is 3.63. The third-order valence-corrected chi connectivity index (χ3v) is 3.06. The number of methoxy groups -OCH3 is 1. The monoisotopic (exact) mass is 257 g/mol. The van der Waals surface area contributed by atoms with E-state index in [9.17, 15) is 14.0 Å². The molecule has 0 saturated carbocycles. The summed E-state index contributed by atoms with van der Waals surface area (Å²) in [5.74, 6) is -2.35. The van der Waals surface area contributed by atoms with Gasteiger partial charge in [-0.25, -0.2) is 4.39 Å². The number of ether oxygens (including phenoxy) is 1. The number of alkyl halides is 1. The summed E-state index contributed by atoms with van der Waals surface area (Å²) in [6.07, 6.45) is 0. The first-order valence-corrected chi connectivity index (χ1v) is 5.30. The fraction of sp³-hybridized carbons (Fsp3) is 0.273. The van der Waals surface area contributed by atoms with Crippen molar-refractivity contribution in [2.45, 2.75) is 11.3 Å².